The van der Waals surface area contributed by atoms with Crippen LogP contribution in [0.3, 0.4) is 0 Å². The highest BCUT2D eigenvalue weighted by Crippen LogP contribution is 2.29. The van der Waals surface area contributed by atoms with Crippen molar-refractivity contribution in [3.05, 3.63) is 59.5 Å². The first-order valence-electron chi connectivity index (χ1n) is 10.2. The number of carbonyl (C=O) groups excluding carboxylic acids is 1. The Morgan fingerprint density at radius 1 is 1.21 bits per heavy atom. The minimum atomic E-state index is -0.203. The summed E-state index contributed by atoms with van der Waals surface area (Å²) in [4.78, 5) is 25.3. The molecule has 0 spiro atoms. The third-order valence-electron chi connectivity index (χ3n) is 5.74. The third-order valence-corrected chi connectivity index (χ3v) is 6.54. The van der Waals surface area contributed by atoms with Crippen LogP contribution in [0.4, 0.5) is 0 Å². The number of imidazole rings is 1. The van der Waals surface area contributed by atoms with E-state index in [1.165, 1.54) is 0 Å². The molecule has 1 aliphatic carbocycles. The number of H-pyrrole nitrogens is 1. The second kappa shape index (κ2) is 9.33. The molecular formula is C22H27N5OS. The third kappa shape index (κ3) is 4.92. The summed E-state index contributed by atoms with van der Waals surface area (Å²) >= 11 is 1.56. The minimum absolute atomic E-state index is 0.0597. The molecule has 1 saturated carbocycles. The van der Waals surface area contributed by atoms with E-state index in [0.29, 0.717) is 12.3 Å². The average Bonchev–Trinajstić information content (AvgIpc) is 3.46. The Balaban J connectivity index is 1.50. The molecule has 0 bridgehead atoms. The summed E-state index contributed by atoms with van der Waals surface area (Å²) in [6, 6.07) is 10.00. The lowest BCUT2D eigenvalue weighted by atomic mass is 9.81. The summed E-state index contributed by atoms with van der Waals surface area (Å²) in [5.41, 5.74) is 7.84. The van der Waals surface area contributed by atoms with E-state index >= 15 is 0 Å². The molecule has 6 nitrogen and oxygen atoms in total. The second-order valence-electron chi connectivity index (χ2n) is 7.72. The molecule has 2 heterocycles. The van der Waals surface area contributed by atoms with Crippen molar-refractivity contribution in [2.45, 2.75) is 38.1 Å². The highest BCUT2D eigenvalue weighted by Gasteiger charge is 2.28. The highest BCUT2D eigenvalue weighted by molar-refractivity contribution is 7.13. The summed E-state index contributed by atoms with van der Waals surface area (Å²) in [7, 11) is 0. The molecular weight excluding hydrogens is 382 g/mol. The first-order chi connectivity index (χ1) is 14.2. The van der Waals surface area contributed by atoms with Crippen LogP contribution >= 0.6 is 11.3 Å². The predicted molar refractivity (Wildman–Crippen MR) is 115 cm³/mol. The molecule has 152 valence electrons. The van der Waals surface area contributed by atoms with Crippen LogP contribution in [0, 0.1) is 11.8 Å². The van der Waals surface area contributed by atoms with Gasteiger partial charge < -0.3 is 16.0 Å². The van der Waals surface area contributed by atoms with Crippen LogP contribution in [0.2, 0.25) is 0 Å². The number of aromatic nitrogens is 3. The Bertz CT molecular complexity index is 900. The fourth-order valence-corrected chi connectivity index (χ4v) is 4.60. The quantitative estimate of drug-likeness (QED) is 0.554. The summed E-state index contributed by atoms with van der Waals surface area (Å²) < 4.78 is 0. The molecule has 2 aromatic heterocycles. The van der Waals surface area contributed by atoms with Gasteiger partial charge in [0, 0.05) is 17.5 Å². The normalized spacial score (nSPS) is 20.3. The molecule has 1 fully saturated rings. The van der Waals surface area contributed by atoms with Gasteiger partial charge in [-0.1, -0.05) is 30.3 Å². The highest BCUT2D eigenvalue weighted by atomic mass is 32.1. The molecule has 0 radical (unpaired) electrons. The van der Waals surface area contributed by atoms with Crippen molar-refractivity contribution in [1.82, 2.24) is 20.3 Å². The first kappa shape index (κ1) is 19.8. The van der Waals surface area contributed by atoms with Crippen LogP contribution in [-0.4, -0.2) is 27.4 Å². The molecule has 29 heavy (non-hydrogen) atoms. The van der Waals surface area contributed by atoms with Gasteiger partial charge in [0.15, 0.2) is 0 Å². The van der Waals surface area contributed by atoms with Gasteiger partial charge in [-0.25, -0.2) is 9.97 Å². The second-order valence-corrected chi connectivity index (χ2v) is 8.62. The number of benzene rings is 1. The van der Waals surface area contributed by atoms with E-state index in [2.05, 4.69) is 32.4 Å². The van der Waals surface area contributed by atoms with Crippen LogP contribution in [0.5, 0.6) is 0 Å². The summed E-state index contributed by atoms with van der Waals surface area (Å²) in [5, 5.41) is 6.10. The zero-order valence-electron chi connectivity index (χ0n) is 16.4. The van der Waals surface area contributed by atoms with E-state index in [1.807, 2.05) is 23.6 Å². The Labute approximate surface area is 175 Å². The van der Waals surface area contributed by atoms with Crippen LogP contribution in [0.1, 0.15) is 43.1 Å². The number of aromatic amines is 1. The van der Waals surface area contributed by atoms with Gasteiger partial charge in [-0.2, -0.15) is 0 Å². The molecule has 1 atom stereocenters. The van der Waals surface area contributed by atoms with E-state index in [1.54, 1.807) is 23.7 Å². The van der Waals surface area contributed by atoms with E-state index in [-0.39, 0.29) is 17.9 Å². The van der Waals surface area contributed by atoms with Crippen LogP contribution in [0.25, 0.3) is 10.7 Å². The number of nitrogens with zero attached hydrogens (tertiary/aromatic N) is 2. The van der Waals surface area contributed by atoms with Gasteiger partial charge in [0.25, 0.3) is 0 Å². The fraction of sp³-hybridized carbons (Fsp3) is 0.409. The summed E-state index contributed by atoms with van der Waals surface area (Å²) in [6.45, 7) is 0.719. The van der Waals surface area contributed by atoms with Gasteiger partial charge in [0.05, 0.1) is 17.9 Å². The standard InChI is InChI=1S/C22H27N5OS/c23-13-16-6-8-17(9-7-16)21(28)27-18(12-15-4-2-1-3-5-15)20-25-14-19(26-20)22-24-10-11-29-22/h1-5,10-11,14,16-18H,6-9,12-13,23H2,(H,25,26)(H,27,28)/t16?,17?,18-/m0/s1. The van der Waals surface area contributed by atoms with Crippen molar-refractivity contribution in [3.8, 4) is 10.7 Å². The number of rotatable bonds is 7. The molecule has 3 aromatic rings. The van der Waals surface area contributed by atoms with Crippen LogP contribution < -0.4 is 11.1 Å². The van der Waals surface area contributed by atoms with Crippen molar-refractivity contribution in [1.29, 1.82) is 0 Å². The van der Waals surface area contributed by atoms with Gasteiger partial charge in [0.1, 0.15) is 10.8 Å². The molecule has 4 rings (SSSR count). The van der Waals surface area contributed by atoms with E-state index < -0.39 is 0 Å². The van der Waals surface area contributed by atoms with Crippen molar-refractivity contribution in [2.24, 2.45) is 17.6 Å². The maximum atomic E-state index is 13.0. The molecule has 7 heteroatoms. The smallest absolute Gasteiger partial charge is 0.223 e. The summed E-state index contributed by atoms with van der Waals surface area (Å²) in [6.07, 6.45) is 8.16. The Hall–Kier alpha value is -2.51. The maximum absolute atomic E-state index is 13.0. The predicted octanol–water partition coefficient (Wildman–Crippen LogP) is 3.70. The number of nitrogens with two attached hydrogens (primary N) is 1. The Morgan fingerprint density at radius 2 is 2.00 bits per heavy atom. The van der Waals surface area contributed by atoms with Gasteiger partial charge in [0.2, 0.25) is 5.91 Å². The topological polar surface area (TPSA) is 96.7 Å². The first-order valence-corrected chi connectivity index (χ1v) is 11.1. The van der Waals surface area contributed by atoms with Gasteiger partial charge in [-0.15, -0.1) is 11.3 Å². The minimum Gasteiger partial charge on any atom is -0.346 e. The fourth-order valence-electron chi connectivity index (χ4n) is 3.99. The largest absolute Gasteiger partial charge is 0.346 e. The van der Waals surface area contributed by atoms with E-state index in [9.17, 15) is 4.79 Å². The van der Waals surface area contributed by atoms with Crippen molar-refractivity contribution in [2.75, 3.05) is 6.54 Å². The van der Waals surface area contributed by atoms with E-state index in [4.69, 9.17) is 5.73 Å². The van der Waals surface area contributed by atoms with Crippen molar-refractivity contribution in [3.63, 3.8) is 0 Å². The van der Waals surface area contributed by atoms with Crippen LogP contribution in [0.15, 0.2) is 48.1 Å². The number of nitrogens with one attached hydrogen (secondary N) is 2. The molecule has 1 aliphatic rings. The lowest BCUT2D eigenvalue weighted by molar-refractivity contribution is -0.127. The van der Waals surface area contributed by atoms with Crippen molar-refractivity contribution < 1.29 is 4.79 Å². The molecule has 4 N–H and O–H groups in total. The maximum Gasteiger partial charge on any atom is 0.223 e. The number of hydrogen-bond donors (Lipinski definition) is 3. The average molecular weight is 410 g/mol. The molecule has 0 aliphatic heterocycles. The zero-order valence-corrected chi connectivity index (χ0v) is 17.2. The number of thiazole rings is 1. The molecule has 1 amide bonds. The number of amides is 1. The summed E-state index contributed by atoms with van der Waals surface area (Å²) in [5.74, 6) is 1.51. The number of carbonyl (C=O) groups is 1. The van der Waals surface area contributed by atoms with E-state index in [0.717, 1.165) is 54.3 Å². The SMILES string of the molecule is NCC1CCC(C(=O)N[C@@H](Cc2ccccc2)c2ncc(-c3nccs3)[nH]2)CC1. The zero-order chi connectivity index (χ0) is 20.1. The van der Waals surface area contributed by atoms with Crippen LogP contribution in [-0.2, 0) is 11.2 Å². The lowest BCUT2D eigenvalue weighted by Crippen LogP contribution is -2.37. The van der Waals surface area contributed by atoms with Gasteiger partial charge in [-0.3, -0.25) is 4.79 Å². The Morgan fingerprint density at radius 3 is 2.69 bits per heavy atom. The number of hydrogen-bond acceptors (Lipinski definition) is 5. The Kier molecular flexibility index (Phi) is 6.36. The van der Waals surface area contributed by atoms with Gasteiger partial charge >= 0.3 is 0 Å². The monoisotopic (exact) mass is 409 g/mol. The lowest BCUT2D eigenvalue weighted by Gasteiger charge is -2.28. The molecule has 0 saturated heterocycles. The molecule has 1 aromatic carbocycles. The molecule has 0 unspecified atom stereocenters. The van der Waals surface area contributed by atoms with Crippen molar-refractivity contribution >= 4 is 17.2 Å². The van der Waals surface area contributed by atoms with Gasteiger partial charge in [-0.05, 0) is 50.1 Å².